The van der Waals surface area contributed by atoms with Gasteiger partial charge in [0.05, 0.1) is 33.6 Å². The van der Waals surface area contributed by atoms with Crippen LogP contribution in [0.25, 0.3) is 0 Å². The second-order valence-corrected chi connectivity index (χ2v) is 8.76. The van der Waals surface area contributed by atoms with Gasteiger partial charge in [-0.1, -0.05) is 12.1 Å². The first kappa shape index (κ1) is 24.4. The smallest absolute Gasteiger partial charge is 0.224 e. The number of rotatable bonds is 10. The number of nitrogens with one attached hydrogen (secondary N) is 1. The van der Waals surface area contributed by atoms with E-state index in [1.807, 2.05) is 0 Å². The van der Waals surface area contributed by atoms with Gasteiger partial charge in [0.25, 0.3) is 0 Å². The Labute approximate surface area is 182 Å². The summed E-state index contributed by atoms with van der Waals surface area (Å²) in [4.78, 5) is 14.3. The van der Waals surface area contributed by atoms with Crippen molar-refractivity contribution in [1.29, 1.82) is 0 Å². The molecule has 170 valence electrons. The number of carbonyl (C=O) groups excluding carboxylic acids is 1. The largest absolute Gasteiger partial charge is 0.493 e. The molecule has 2 aromatic rings. The van der Waals surface area contributed by atoms with Crippen molar-refractivity contribution in [3.63, 3.8) is 0 Å². The summed E-state index contributed by atoms with van der Waals surface area (Å²) in [5.74, 6) is 0.602. The van der Waals surface area contributed by atoms with E-state index in [2.05, 4.69) is 4.72 Å². The number of nitrogens with zero attached hydrogens (tertiary/aromatic N) is 1. The van der Waals surface area contributed by atoms with Gasteiger partial charge in [0.15, 0.2) is 11.5 Å². The Kier molecular flexibility index (Phi) is 8.23. The molecule has 0 aliphatic rings. The average Bonchev–Trinajstić information content (AvgIpc) is 2.71. The molecule has 0 aliphatic carbocycles. The lowest BCUT2D eigenvalue weighted by Crippen LogP contribution is -2.34. The van der Waals surface area contributed by atoms with E-state index in [-0.39, 0.29) is 18.9 Å². The Morgan fingerprint density at radius 3 is 2.06 bits per heavy atom. The highest BCUT2D eigenvalue weighted by molar-refractivity contribution is 7.88. The Bertz CT molecular complexity index is 986. The van der Waals surface area contributed by atoms with Gasteiger partial charge in [-0.2, -0.15) is 0 Å². The molecule has 0 saturated heterocycles. The first-order chi connectivity index (χ1) is 14.6. The Morgan fingerprint density at radius 1 is 1.06 bits per heavy atom. The third-order valence-corrected chi connectivity index (χ3v) is 5.29. The molecule has 0 heterocycles. The van der Waals surface area contributed by atoms with Gasteiger partial charge >= 0.3 is 0 Å². The van der Waals surface area contributed by atoms with Crippen molar-refractivity contribution in [3.05, 3.63) is 53.3 Å². The minimum Gasteiger partial charge on any atom is -0.493 e. The molecular formula is C21H27FN2O6S. The molecule has 0 aliphatic heterocycles. The molecule has 1 unspecified atom stereocenters. The molecule has 1 atom stereocenters. The molecule has 31 heavy (non-hydrogen) atoms. The number of amides is 1. The van der Waals surface area contributed by atoms with E-state index in [0.29, 0.717) is 22.8 Å². The first-order valence-corrected chi connectivity index (χ1v) is 11.2. The first-order valence-electron chi connectivity index (χ1n) is 9.33. The number of methoxy groups -OCH3 is 3. The topological polar surface area (TPSA) is 94.2 Å². The Balaban J connectivity index is 2.21. The molecule has 10 heteroatoms. The van der Waals surface area contributed by atoms with Crippen molar-refractivity contribution in [2.75, 3.05) is 34.6 Å². The van der Waals surface area contributed by atoms with Gasteiger partial charge < -0.3 is 19.1 Å². The maximum Gasteiger partial charge on any atom is 0.224 e. The highest BCUT2D eigenvalue weighted by Gasteiger charge is 2.23. The minimum absolute atomic E-state index is 0.139. The van der Waals surface area contributed by atoms with Gasteiger partial charge in [0.1, 0.15) is 5.82 Å². The summed E-state index contributed by atoms with van der Waals surface area (Å²) in [6.07, 6.45) is 0.868. The van der Waals surface area contributed by atoms with Crippen LogP contribution < -0.4 is 18.9 Å². The number of hydrogen-bond donors (Lipinski definition) is 1. The van der Waals surface area contributed by atoms with Crippen molar-refractivity contribution in [2.24, 2.45) is 0 Å². The molecule has 0 aromatic heterocycles. The lowest BCUT2D eigenvalue weighted by molar-refractivity contribution is -0.130. The standard InChI is InChI=1S/C21H27FN2O6S/c1-24(13-14-10-18(28-2)21(30-4)19(11-14)29-3)20(25)12-17(23-31(5,26)27)15-6-8-16(22)9-7-15/h6-11,17,23H,12-13H2,1-5H3. The molecule has 8 nitrogen and oxygen atoms in total. The van der Waals surface area contributed by atoms with Gasteiger partial charge in [0, 0.05) is 20.0 Å². The maximum atomic E-state index is 13.3. The van der Waals surface area contributed by atoms with Crippen LogP contribution in [-0.4, -0.2) is 53.9 Å². The van der Waals surface area contributed by atoms with Gasteiger partial charge in [-0.05, 0) is 35.4 Å². The molecule has 0 saturated carbocycles. The summed E-state index contributed by atoms with van der Waals surface area (Å²) in [5, 5.41) is 0. The number of carbonyl (C=O) groups is 1. The molecule has 2 rings (SSSR count). The monoisotopic (exact) mass is 454 g/mol. The van der Waals surface area contributed by atoms with Crippen molar-refractivity contribution < 1.29 is 31.8 Å². The van der Waals surface area contributed by atoms with Crippen LogP contribution in [0.1, 0.15) is 23.6 Å². The quantitative estimate of drug-likeness (QED) is 0.593. The molecule has 1 N–H and O–H groups in total. The van der Waals surface area contributed by atoms with Crippen LogP contribution in [0.2, 0.25) is 0 Å². The zero-order chi connectivity index (χ0) is 23.2. The number of sulfonamides is 1. The van der Waals surface area contributed by atoms with Crippen LogP contribution in [0.15, 0.2) is 36.4 Å². The SMILES string of the molecule is COc1cc(CN(C)C(=O)CC(NS(C)(=O)=O)c2ccc(F)cc2)cc(OC)c1OC. The molecule has 0 radical (unpaired) electrons. The summed E-state index contributed by atoms with van der Waals surface area (Å²) >= 11 is 0. The summed E-state index contributed by atoms with van der Waals surface area (Å²) in [6.45, 7) is 0.227. The third kappa shape index (κ3) is 6.83. The van der Waals surface area contributed by atoms with E-state index in [9.17, 15) is 17.6 Å². The van der Waals surface area contributed by atoms with Crippen LogP contribution in [0.3, 0.4) is 0 Å². The van der Waals surface area contributed by atoms with E-state index in [4.69, 9.17) is 14.2 Å². The van der Waals surface area contributed by atoms with Crippen LogP contribution >= 0.6 is 0 Å². The number of hydrogen-bond acceptors (Lipinski definition) is 6. The average molecular weight is 455 g/mol. The molecule has 2 aromatic carbocycles. The van der Waals surface area contributed by atoms with E-state index in [0.717, 1.165) is 11.8 Å². The van der Waals surface area contributed by atoms with Gasteiger partial charge in [-0.15, -0.1) is 0 Å². The van der Waals surface area contributed by atoms with Crippen LogP contribution in [0.5, 0.6) is 17.2 Å². The number of halogens is 1. The van der Waals surface area contributed by atoms with Crippen LogP contribution in [-0.2, 0) is 21.4 Å². The maximum absolute atomic E-state index is 13.3. The summed E-state index contributed by atoms with van der Waals surface area (Å²) in [7, 11) is 2.51. The Morgan fingerprint density at radius 2 is 1.61 bits per heavy atom. The van der Waals surface area contributed by atoms with E-state index in [1.165, 1.54) is 50.5 Å². The fourth-order valence-electron chi connectivity index (χ4n) is 3.10. The lowest BCUT2D eigenvalue weighted by atomic mass is 10.0. The van der Waals surface area contributed by atoms with Crippen molar-refractivity contribution in [3.8, 4) is 17.2 Å². The molecule has 0 bridgehead atoms. The van der Waals surface area contributed by atoms with Crippen LogP contribution in [0.4, 0.5) is 4.39 Å². The molecular weight excluding hydrogens is 427 g/mol. The summed E-state index contributed by atoms with van der Waals surface area (Å²) in [6, 6.07) is 7.97. The molecule has 0 spiro atoms. The Hall–Kier alpha value is -2.85. The predicted octanol–water partition coefficient (Wildman–Crippen LogP) is 2.49. The van der Waals surface area contributed by atoms with Crippen molar-refractivity contribution in [1.82, 2.24) is 9.62 Å². The van der Waals surface area contributed by atoms with Crippen molar-refractivity contribution >= 4 is 15.9 Å². The minimum atomic E-state index is -3.60. The lowest BCUT2D eigenvalue weighted by Gasteiger charge is -2.23. The van der Waals surface area contributed by atoms with Gasteiger partial charge in [-0.3, -0.25) is 4.79 Å². The van der Waals surface area contributed by atoms with Crippen molar-refractivity contribution in [2.45, 2.75) is 19.0 Å². The molecule has 1 amide bonds. The van der Waals surface area contributed by atoms with E-state index < -0.39 is 21.9 Å². The van der Waals surface area contributed by atoms with Gasteiger partial charge in [-0.25, -0.2) is 17.5 Å². The normalized spacial score (nSPS) is 12.2. The highest BCUT2D eigenvalue weighted by atomic mass is 32.2. The summed E-state index contributed by atoms with van der Waals surface area (Å²) < 4.78 is 55.2. The van der Waals surface area contributed by atoms with Crippen LogP contribution in [0, 0.1) is 5.82 Å². The molecule has 0 fully saturated rings. The second-order valence-electron chi connectivity index (χ2n) is 6.98. The zero-order valence-corrected chi connectivity index (χ0v) is 19.0. The van der Waals surface area contributed by atoms with E-state index in [1.54, 1.807) is 19.2 Å². The highest BCUT2D eigenvalue weighted by Crippen LogP contribution is 2.38. The number of ether oxygens (including phenoxy) is 3. The number of benzene rings is 2. The zero-order valence-electron chi connectivity index (χ0n) is 18.1. The third-order valence-electron chi connectivity index (χ3n) is 4.58. The van der Waals surface area contributed by atoms with E-state index >= 15 is 0 Å². The fourth-order valence-corrected chi connectivity index (χ4v) is 3.84. The van der Waals surface area contributed by atoms with Gasteiger partial charge in [0.2, 0.25) is 21.7 Å². The summed E-state index contributed by atoms with van der Waals surface area (Å²) in [5.41, 5.74) is 1.22. The second kappa shape index (κ2) is 10.5. The fraction of sp³-hybridized carbons (Fsp3) is 0.381. The predicted molar refractivity (Wildman–Crippen MR) is 114 cm³/mol.